The molecule has 0 amide bonds. The van der Waals surface area contributed by atoms with Crippen molar-refractivity contribution in [3.63, 3.8) is 0 Å². The highest BCUT2D eigenvalue weighted by Gasteiger charge is 2.53. The zero-order chi connectivity index (χ0) is 20.6. The Balaban J connectivity index is 2.01. The van der Waals surface area contributed by atoms with Crippen LogP contribution in [0, 0.1) is 0 Å². The molecule has 0 saturated carbocycles. The monoisotopic (exact) mass is 412 g/mol. The lowest BCUT2D eigenvalue weighted by Crippen LogP contribution is -2.63. The van der Waals surface area contributed by atoms with Crippen molar-refractivity contribution in [1.82, 2.24) is 0 Å². The molecule has 9 heteroatoms. The number of benzene rings is 2. The molecule has 1 aliphatic heterocycles. The number of phenols is 1. The van der Waals surface area contributed by atoms with Crippen molar-refractivity contribution in [2.75, 3.05) is 6.61 Å². The van der Waals surface area contributed by atoms with E-state index in [2.05, 4.69) is 0 Å². The Bertz CT molecular complexity index is 827. The second-order valence-electron chi connectivity index (χ2n) is 6.69. The molecule has 8 nitrogen and oxygen atoms in total. The van der Waals surface area contributed by atoms with Crippen LogP contribution in [-0.4, -0.2) is 66.8 Å². The van der Waals surface area contributed by atoms with Crippen LogP contribution in [0.25, 0.3) is 0 Å². The van der Waals surface area contributed by atoms with E-state index in [1.807, 2.05) is 0 Å². The number of phenolic OH excluding ortho intramolecular Hbond substituents is 1. The maximum absolute atomic E-state index is 10.9. The van der Waals surface area contributed by atoms with Crippen LogP contribution < -0.4 is 0 Å². The maximum Gasteiger partial charge on any atom is 0.222 e. The first-order valence-corrected chi connectivity index (χ1v) is 8.89. The summed E-state index contributed by atoms with van der Waals surface area (Å²) in [6, 6.07) is 9.76. The number of halogens is 1. The molecule has 7 N–H and O–H groups in total. The van der Waals surface area contributed by atoms with Crippen LogP contribution in [0.3, 0.4) is 0 Å². The molecule has 28 heavy (non-hydrogen) atoms. The predicted molar refractivity (Wildman–Crippen MR) is 97.5 cm³/mol. The second-order valence-corrected chi connectivity index (χ2v) is 7.10. The SMILES string of the molecule is OC[C@H]1O[C@@](O)(c2ccc(Cl)c(C(O)c3ccc(O)cc3)c2)[C@H](O)[C@@H](O)[C@@H]1O. The van der Waals surface area contributed by atoms with Gasteiger partial charge in [0.05, 0.1) is 6.61 Å². The molecule has 0 aliphatic carbocycles. The van der Waals surface area contributed by atoms with Crippen molar-refractivity contribution < 1.29 is 40.5 Å². The fraction of sp³-hybridized carbons (Fsp3) is 0.368. The van der Waals surface area contributed by atoms with Crippen LogP contribution in [-0.2, 0) is 10.5 Å². The number of aromatic hydroxyl groups is 1. The summed E-state index contributed by atoms with van der Waals surface area (Å²) in [4.78, 5) is 0. The van der Waals surface area contributed by atoms with Gasteiger partial charge in [-0.25, -0.2) is 0 Å². The molecule has 6 atom stereocenters. The van der Waals surface area contributed by atoms with Gasteiger partial charge in [-0.2, -0.15) is 0 Å². The molecule has 0 bridgehead atoms. The van der Waals surface area contributed by atoms with E-state index in [4.69, 9.17) is 16.3 Å². The molecule has 2 aromatic rings. The minimum Gasteiger partial charge on any atom is -0.508 e. The van der Waals surface area contributed by atoms with Gasteiger partial charge in [-0.05, 0) is 29.8 Å². The molecule has 1 saturated heterocycles. The van der Waals surface area contributed by atoms with Crippen LogP contribution >= 0.6 is 11.6 Å². The standard InChI is InChI=1S/C19H21ClO8/c20-13-6-3-10(7-12(13)15(23)9-1-4-11(22)5-2-9)19(27)18(26)17(25)16(24)14(8-21)28-19/h1-7,14-18,21-27H,8H2/t14-,15?,16-,17+,18-,19+/m1/s1. The molecule has 1 unspecified atom stereocenters. The summed E-state index contributed by atoms with van der Waals surface area (Å²) in [7, 11) is 0. The van der Waals surface area contributed by atoms with Gasteiger partial charge in [0.1, 0.15) is 36.3 Å². The number of aliphatic hydroxyl groups excluding tert-OH is 5. The summed E-state index contributed by atoms with van der Waals surface area (Å²) in [5, 5.41) is 70.6. The summed E-state index contributed by atoms with van der Waals surface area (Å²) in [6.07, 6.45) is -7.87. The van der Waals surface area contributed by atoms with E-state index in [0.29, 0.717) is 5.56 Å². The summed E-state index contributed by atoms with van der Waals surface area (Å²) >= 11 is 6.18. The third-order valence-electron chi connectivity index (χ3n) is 4.88. The minimum absolute atomic E-state index is 0.0198. The van der Waals surface area contributed by atoms with Crippen molar-refractivity contribution >= 4 is 11.6 Å². The lowest BCUT2D eigenvalue weighted by atomic mass is 9.87. The molecule has 0 radical (unpaired) electrons. The quantitative estimate of drug-likeness (QED) is 0.363. The van der Waals surface area contributed by atoms with Gasteiger partial charge in [-0.3, -0.25) is 0 Å². The van der Waals surface area contributed by atoms with Crippen molar-refractivity contribution in [3.05, 3.63) is 64.2 Å². The van der Waals surface area contributed by atoms with E-state index < -0.39 is 42.9 Å². The lowest BCUT2D eigenvalue weighted by Gasteiger charge is -2.45. The largest absolute Gasteiger partial charge is 0.508 e. The van der Waals surface area contributed by atoms with Gasteiger partial charge in [0, 0.05) is 16.1 Å². The number of ether oxygens (including phenoxy) is 1. The highest BCUT2D eigenvalue weighted by molar-refractivity contribution is 6.31. The average molecular weight is 413 g/mol. The number of aliphatic hydroxyl groups is 6. The molecule has 2 aromatic carbocycles. The summed E-state index contributed by atoms with van der Waals surface area (Å²) < 4.78 is 5.29. The van der Waals surface area contributed by atoms with Crippen molar-refractivity contribution in [2.45, 2.75) is 36.3 Å². The normalized spacial score (nSPS) is 31.5. The van der Waals surface area contributed by atoms with Gasteiger partial charge < -0.3 is 40.5 Å². The van der Waals surface area contributed by atoms with E-state index in [-0.39, 0.29) is 21.9 Å². The molecule has 0 aromatic heterocycles. The summed E-state index contributed by atoms with van der Waals surface area (Å²) in [5.74, 6) is -2.44. The Labute approximate surface area is 165 Å². The Hall–Kier alpha value is -1.75. The average Bonchev–Trinajstić information content (AvgIpc) is 2.69. The van der Waals surface area contributed by atoms with Gasteiger partial charge in [0.2, 0.25) is 5.79 Å². The topological polar surface area (TPSA) is 151 Å². The second kappa shape index (κ2) is 7.94. The van der Waals surface area contributed by atoms with E-state index in [9.17, 15) is 35.7 Å². The lowest BCUT2D eigenvalue weighted by molar-refractivity contribution is -0.357. The van der Waals surface area contributed by atoms with Crippen molar-refractivity contribution in [1.29, 1.82) is 0 Å². The van der Waals surface area contributed by atoms with E-state index >= 15 is 0 Å². The van der Waals surface area contributed by atoms with Crippen LogP contribution in [0.4, 0.5) is 0 Å². The fourth-order valence-corrected chi connectivity index (χ4v) is 3.43. The third kappa shape index (κ3) is 3.61. The van der Waals surface area contributed by atoms with Crippen LogP contribution in [0.2, 0.25) is 5.02 Å². The molecule has 0 spiro atoms. The molecule has 1 heterocycles. The Morgan fingerprint density at radius 2 is 1.68 bits per heavy atom. The summed E-state index contributed by atoms with van der Waals surface area (Å²) in [6.45, 7) is -0.705. The van der Waals surface area contributed by atoms with Gasteiger partial charge in [-0.15, -0.1) is 0 Å². The Kier molecular flexibility index (Phi) is 5.95. The van der Waals surface area contributed by atoms with E-state index in [1.165, 1.54) is 42.5 Å². The predicted octanol–water partition coefficient (Wildman–Crippen LogP) is -0.254. The summed E-state index contributed by atoms with van der Waals surface area (Å²) in [5.41, 5.74) is 0.550. The first kappa shape index (κ1) is 21.0. The fourth-order valence-electron chi connectivity index (χ4n) is 3.20. The van der Waals surface area contributed by atoms with Crippen molar-refractivity contribution in [3.8, 4) is 5.75 Å². The van der Waals surface area contributed by atoms with Gasteiger partial charge in [0.15, 0.2) is 0 Å². The van der Waals surface area contributed by atoms with Gasteiger partial charge in [-0.1, -0.05) is 29.8 Å². The zero-order valence-electron chi connectivity index (χ0n) is 14.6. The van der Waals surface area contributed by atoms with Crippen LogP contribution in [0.5, 0.6) is 5.75 Å². The molecular formula is C19H21ClO8. The highest BCUT2D eigenvalue weighted by Crippen LogP contribution is 2.39. The zero-order valence-corrected chi connectivity index (χ0v) is 15.3. The Morgan fingerprint density at radius 3 is 2.29 bits per heavy atom. The minimum atomic E-state index is -2.46. The molecule has 3 rings (SSSR count). The molecule has 152 valence electrons. The maximum atomic E-state index is 10.9. The van der Waals surface area contributed by atoms with E-state index in [0.717, 1.165) is 0 Å². The van der Waals surface area contributed by atoms with Crippen LogP contribution in [0.1, 0.15) is 22.8 Å². The molecule has 1 aliphatic rings. The smallest absolute Gasteiger partial charge is 0.222 e. The van der Waals surface area contributed by atoms with Gasteiger partial charge in [0.25, 0.3) is 0 Å². The number of hydrogen-bond donors (Lipinski definition) is 7. The highest BCUT2D eigenvalue weighted by atomic mass is 35.5. The number of hydrogen-bond acceptors (Lipinski definition) is 8. The van der Waals surface area contributed by atoms with Gasteiger partial charge >= 0.3 is 0 Å². The first-order chi connectivity index (χ1) is 13.2. The third-order valence-corrected chi connectivity index (χ3v) is 5.22. The number of rotatable bonds is 4. The molecule has 1 fully saturated rings. The Morgan fingerprint density at radius 1 is 1.04 bits per heavy atom. The van der Waals surface area contributed by atoms with Crippen LogP contribution in [0.15, 0.2) is 42.5 Å². The van der Waals surface area contributed by atoms with E-state index in [1.54, 1.807) is 0 Å². The molecular weight excluding hydrogens is 392 g/mol. The first-order valence-electron chi connectivity index (χ1n) is 8.51. The van der Waals surface area contributed by atoms with Crippen molar-refractivity contribution in [2.24, 2.45) is 0 Å².